The minimum absolute atomic E-state index is 0.295. The molecule has 0 aromatic heterocycles. The van der Waals surface area contributed by atoms with Crippen molar-refractivity contribution in [2.24, 2.45) is 11.8 Å². The number of rotatable bonds is 5. The molecule has 0 N–H and O–H groups in total. The summed E-state index contributed by atoms with van der Waals surface area (Å²) < 4.78 is 0. The quantitative estimate of drug-likeness (QED) is 0.727. The zero-order valence-corrected chi connectivity index (χ0v) is 11.4. The van der Waals surface area contributed by atoms with E-state index in [0.29, 0.717) is 12.0 Å². The van der Waals surface area contributed by atoms with Crippen LogP contribution in [0.4, 0.5) is 0 Å². The van der Waals surface area contributed by atoms with Gasteiger partial charge in [-0.25, -0.2) is 0 Å². The van der Waals surface area contributed by atoms with E-state index in [1.807, 2.05) is 0 Å². The molecule has 0 radical (unpaired) electrons. The summed E-state index contributed by atoms with van der Waals surface area (Å²) in [4.78, 5) is 2.69. The molecule has 0 heterocycles. The van der Waals surface area contributed by atoms with Crippen molar-refractivity contribution in [3.63, 3.8) is 0 Å². The molecular weight excluding hydrogens is 208 g/mol. The molecule has 3 unspecified atom stereocenters. The predicted octanol–water partition coefficient (Wildman–Crippen LogP) is 3.58. The van der Waals surface area contributed by atoms with Crippen LogP contribution in [-0.4, -0.2) is 23.5 Å². The van der Waals surface area contributed by atoms with E-state index < -0.39 is 0 Å². The topological polar surface area (TPSA) is 27.0 Å². The minimum atomic E-state index is 0.295. The molecule has 0 aliphatic heterocycles. The lowest BCUT2D eigenvalue weighted by molar-refractivity contribution is 0.0963. The van der Waals surface area contributed by atoms with Crippen LogP contribution >= 0.6 is 0 Å². The monoisotopic (exact) mass is 234 g/mol. The smallest absolute Gasteiger partial charge is 0.0672 e. The van der Waals surface area contributed by atoms with E-state index in [1.165, 1.54) is 45.1 Å². The Labute approximate surface area is 106 Å². The Hall–Kier alpha value is -0.550. The summed E-state index contributed by atoms with van der Waals surface area (Å²) in [5.74, 6) is 1.11. The van der Waals surface area contributed by atoms with Gasteiger partial charge >= 0.3 is 0 Å². The molecule has 2 nitrogen and oxygen atoms in total. The fourth-order valence-corrected chi connectivity index (χ4v) is 3.23. The van der Waals surface area contributed by atoms with Gasteiger partial charge in [-0.3, -0.25) is 4.90 Å². The molecule has 0 spiro atoms. The molecule has 2 fully saturated rings. The SMILES string of the molecule is CCCCN(C1CC1)C1CC(C)CCC1C#N. The van der Waals surface area contributed by atoms with Gasteiger partial charge in [-0.15, -0.1) is 0 Å². The van der Waals surface area contributed by atoms with Gasteiger partial charge < -0.3 is 0 Å². The highest BCUT2D eigenvalue weighted by Crippen LogP contribution is 2.38. The summed E-state index contributed by atoms with van der Waals surface area (Å²) in [6.07, 6.45) is 8.92. The van der Waals surface area contributed by atoms with Crippen LogP contribution in [0, 0.1) is 23.2 Å². The van der Waals surface area contributed by atoms with Gasteiger partial charge in [0.25, 0.3) is 0 Å². The second kappa shape index (κ2) is 5.87. The average Bonchev–Trinajstić information content (AvgIpc) is 3.14. The molecule has 3 atom stereocenters. The fourth-order valence-electron chi connectivity index (χ4n) is 3.23. The van der Waals surface area contributed by atoms with E-state index in [1.54, 1.807) is 0 Å². The van der Waals surface area contributed by atoms with E-state index in [0.717, 1.165) is 18.4 Å². The van der Waals surface area contributed by atoms with Crippen LogP contribution in [-0.2, 0) is 0 Å². The van der Waals surface area contributed by atoms with Gasteiger partial charge in [0, 0.05) is 12.1 Å². The van der Waals surface area contributed by atoms with Gasteiger partial charge in [0.2, 0.25) is 0 Å². The van der Waals surface area contributed by atoms with E-state index >= 15 is 0 Å². The lowest BCUT2D eigenvalue weighted by Crippen LogP contribution is -2.45. The Morgan fingerprint density at radius 2 is 2.00 bits per heavy atom. The van der Waals surface area contributed by atoms with Crippen molar-refractivity contribution in [1.29, 1.82) is 5.26 Å². The molecule has 0 aromatic carbocycles. The van der Waals surface area contributed by atoms with E-state index in [4.69, 9.17) is 0 Å². The van der Waals surface area contributed by atoms with Gasteiger partial charge in [-0.1, -0.05) is 20.3 Å². The standard InChI is InChI=1S/C15H26N2/c1-3-4-9-17(14-7-8-14)15-10-12(2)5-6-13(15)11-16/h12-15H,3-10H2,1-2H3. The zero-order chi connectivity index (χ0) is 12.3. The maximum Gasteiger partial charge on any atom is 0.0672 e. The first-order valence-corrected chi connectivity index (χ1v) is 7.41. The molecule has 2 rings (SSSR count). The molecule has 0 amide bonds. The molecule has 17 heavy (non-hydrogen) atoms. The summed E-state index contributed by atoms with van der Waals surface area (Å²) in [7, 11) is 0. The molecule has 2 aliphatic carbocycles. The summed E-state index contributed by atoms with van der Waals surface area (Å²) in [6.45, 7) is 5.83. The van der Waals surface area contributed by atoms with Crippen LogP contribution in [0.25, 0.3) is 0 Å². The van der Waals surface area contributed by atoms with Crippen molar-refractivity contribution in [2.45, 2.75) is 70.9 Å². The second-order valence-electron chi connectivity index (χ2n) is 6.04. The van der Waals surface area contributed by atoms with Crippen molar-refractivity contribution in [2.75, 3.05) is 6.54 Å². The van der Waals surface area contributed by atoms with Crippen LogP contribution in [0.2, 0.25) is 0 Å². The van der Waals surface area contributed by atoms with Gasteiger partial charge in [0.15, 0.2) is 0 Å². The zero-order valence-electron chi connectivity index (χ0n) is 11.4. The Bertz CT molecular complexity index is 277. The maximum atomic E-state index is 9.35. The van der Waals surface area contributed by atoms with Gasteiger partial charge in [0.1, 0.15) is 0 Å². The van der Waals surface area contributed by atoms with Gasteiger partial charge in [0.05, 0.1) is 12.0 Å². The molecule has 96 valence electrons. The third kappa shape index (κ3) is 3.22. The van der Waals surface area contributed by atoms with Gasteiger partial charge in [-0.2, -0.15) is 5.26 Å². The van der Waals surface area contributed by atoms with Crippen LogP contribution in [0.3, 0.4) is 0 Å². The molecule has 0 bridgehead atoms. The van der Waals surface area contributed by atoms with Crippen molar-refractivity contribution in [3.8, 4) is 6.07 Å². The number of hydrogen-bond acceptors (Lipinski definition) is 2. The van der Waals surface area contributed by atoms with Crippen LogP contribution in [0.1, 0.15) is 58.8 Å². The lowest BCUT2D eigenvalue weighted by atomic mass is 9.79. The van der Waals surface area contributed by atoms with Crippen molar-refractivity contribution in [1.82, 2.24) is 4.90 Å². The first kappa shape index (κ1) is 12.9. The van der Waals surface area contributed by atoms with Crippen LogP contribution in [0.5, 0.6) is 0 Å². The third-order valence-corrected chi connectivity index (χ3v) is 4.46. The molecule has 2 heteroatoms. The Kier molecular flexibility index (Phi) is 4.45. The highest BCUT2D eigenvalue weighted by atomic mass is 15.2. The summed E-state index contributed by atoms with van der Waals surface area (Å²) in [5.41, 5.74) is 0. The Morgan fingerprint density at radius 1 is 1.24 bits per heavy atom. The Morgan fingerprint density at radius 3 is 2.59 bits per heavy atom. The number of hydrogen-bond donors (Lipinski definition) is 0. The molecule has 0 aromatic rings. The normalized spacial score (nSPS) is 33.6. The molecule has 2 aliphatic rings. The fraction of sp³-hybridized carbons (Fsp3) is 0.933. The number of nitriles is 1. The highest BCUT2D eigenvalue weighted by Gasteiger charge is 2.39. The summed E-state index contributed by atoms with van der Waals surface area (Å²) in [5, 5.41) is 9.35. The van der Waals surface area contributed by atoms with Gasteiger partial charge in [-0.05, 0) is 51.0 Å². The molecular formula is C15H26N2. The van der Waals surface area contributed by atoms with Crippen molar-refractivity contribution in [3.05, 3.63) is 0 Å². The predicted molar refractivity (Wildman–Crippen MR) is 70.5 cm³/mol. The summed E-state index contributed by atoms with van der Waals surface area (Å²) in [6, 6.07) is 3.94. The molecule has 2 saturated carbocycles. The average molecular weight is 234 g/mol. The second-order valence-corrected chi connectivity index (χ2v) is 6.04. The van der Waals surface area contributed by atoms with E-state index in [9.17, 15) is 5.26 Å². The van der Waals surface area contributed by atoms with Crippen LogP contribution < -0.4 is 0 Å². The highest BCUT2D eigenvalue weighted by molar-refractivity contribution is 5.00. The number of nitrogens with zero attached hydrogens (tertiary/aromatic N) is 2. The summed E-state index contributed by atoms with van der Waals surface area (Å²) >= 11 is 0. The van der Waals surface area contributed by atoms with Crippen molar-refractivity contribution >= 4 is 0 Å². The minimum Gasteiger partial charge on any atom is -0.296 e. The third-order valence-electron chi connectivity index (χ3n) is 4.46. The largest absolute Gasteiger partial charge is 0.296 e. The first-order chi connectivity index (χ1) is 8.26. The lowest BCUT2D eigenvalue weighted by Gasteiger charge is -2.39. The maximum absolute atomic E-state index is 9.35. The van der Waals surface area contributed by atoms with E-state index in [-0.39, 0.29) is 0 Å². The van der Waals surface area contributed by atoms with Crippen molar-refractivity contribution < 1.29 is 0 Å². The van der Waals surface area contributed by atoms with Crippen LogP contribution in [0.15, 0.2) is 0 Å². The number of unbranched alkanes of at least 4 members (excludes halogenated alkanes) is 1. The first-order valence-electron chi connectivity index (χ1n) is 7.41. The van der Waals surface area contributed by atoms with E-state index in [2.05, 4.69) is 24.8 Å². The molecule has 0 saturated heterocycles. The Balaban J connectivity index is 2.01.